The molecule has 0 bridgehead atoms. The van der Waals surface area contributed by atoms with E-state index in [1.54, 1.807) is 0 Å². The summed E-state index contributed by atoms with van der Waals surface area (Å²) in [4.78, 5) is 36.0. The van der Waals surface area contributed by atoms with Crippen molar-refractivity contribution in [1.29, 1.82) is 0 Å². The maximum absolute atomic E-state index is 12.9. The molecule has 0 aliphatic rings. The van der Waals surface area contributed by atoms with E-state index in [1.807, 2.05) is 21.1 Å². The van der Waals surface area contributed by atoms with Gasteiger partial charge in [-0.3, -0.25) is 18.6 Å². The van der Waals surface area contributed by atoms with E-state index < -0.39 is 26.5 Å². The zero-order valence-corrected chi connectivity index (χ0v) is 65.1. The average molecular weight is 1380 g/mol. The molecule has 0 saturated carbocycles. The molecule has 0 radical (unpaired) electrons. The summed E-state index contributed by atoms with van der Waals surface area (Å²) in [6.07, 6.45) is 114. The SMILES string of the molecule is CC/C=C\C/C=C\C/C=C\C/C=C\C/C=C\C/C=C\C/C=C\C/C=C\C/C=C\CCCCCCCCCCCCCCCC(=O)OC(COC(=O)CCCCCCCCCCCCCCCCCCCC/C=C\C/C=C\C/C=C\CCCCCCC)COP(=O)(O)OCC[N+](C)(C)C. The van der Waals surface area contributed by atoms with Crippen LogP contribution >= 0.6 is 7.82 Å². The predicted molar refractivity (Wildman–Crippen MR) is 427 cm³/mol. The highest BCUT2D eigenvalue weighted by molar-refractivity contribution is 7.47. The molecular weight excluding hydrogens is 1230 g/mol. The average Bonchev–Trinajstić information content (AvgIpc) is 1.08. The highest BCUT2D eigenvalue weighted by Crippen LogP contribution is 2.43. The van der Waals surface area contributed by atoms with Gasteiger partial charge in [0.15, 0.2) is 6.10 Å². The number of unbranched alkanes of at least 4 members (excludes halogenated alkanes) is 36. The topological polar surface area (TPSA) is 108 Å². The summed E-state index contributed by atoms with van der Waals surface area (Å²) >= 11 is 0. The Balaban J connectivity index is 4.00. The number of hydrogen-bond donors (Lipinski definition) is 1. The van der Waals surface area contributed by atoms with E-state index >= 15 is 0 Å². The van der Waals surface area contributed by atoms with Gasteiger partial charge in [-0.25, -0.2) is 4.57 Å². The number of rotatable bonds is 74. The maximum Gasteiger partial charge on any atom is 0.472 e. The van der Waals surface area contributed by atoms with Gasteiger partial charge < -0.3 is 18.9 Å². The van der Waals surface area contributed by atoms with E-state index in [1.165, 1.54) is 205 Å². The Morgan fingerprint density at radius 1 is 0.327 bits per heavy atom. The van der Waals surface area contributed by atoms with Crippen molar-refractivity contribution in [3.8, 4) is 0 Å². The number of esters is 2. The van der Waals surface area contributed by atoms with Gasteiger partial charge >= 0.3 is 19.8 Å². The Morgan fingerprint density at radius 3 is 0.867 bits per heavy atom. The molecule has 0 heterocycles. The number of quaternary nitrogens is 1. The second-order valence-corrected chi connectivity index (χ2v) is 29.5. The molecule has 1 N–H and O–H groups in total. The summed E-state index contributed by atoms with van der Waals surface area (Å²) in [5.41, 5.74) is 0. The first kappa shape index (κ1) is 93.9. The molecule has 98 heavy (non-hydrogen) atoms. The molecule has 9 nitrogen and oxygen atoms in total. The standard InChI is InChI=1S/C88H152NO8P/c1-6-8-10-12-14-16-18-20-22-24-26-28-30-32-34-36-38-40-41-42-43-44-45-46-47-49-51-53-55-57-59-61-63-65-67-69-71-73-75-77-79-81-88(91)97-86(85-96-98(92,93)95-83-82-89(3,4)5)84-94-87(90)80-78-76-74-72-70-68-66-64-62-60-58-56-54-52-50-48-39-37-35-33-31-29-27-25-23-21-19-17-15-13-11-9-7-2/h8,10,14,16,19-22,25-28,31-34,38,40,42-43,45-46,49,51,86H,6-7,9,11-13,15,17-18,23-24,29-30,35-37,39,41,44,47-48,50,52-85H2,1-5H3/p+1/b10-8-,16-14-,21-19-,22-20-,27-25-,28-26-,33-31-,34-32-,40-38-,43-42-,46-45-,51-49-. The van der Waals surface area contributed by atoms with Crippen LogP contribution in [-0.4, -0.2) is 74.9 Å². The molecule has 2 atom stereocenters. The van der Waals surface area contributed by atoms with Gasteiger partial charge in [-0.2, -0.15) is 0 Å². The summed E-state index contributed by atoms with van der Waals surface area (Å²) in [6.45, 7) is 4.33. The summed E-state index contributed by atoms with van der Waals surface area (Å²) in [6, 6.07) is 0. The van der Waals surface area contributed by atoms with Crippen molar-refractivity contribution in [2.24, 2.45) is 0 Å². The van der Waals surface area contributed by atoms with Gasteiger partial charge in [0.2, 0.25) is 0 Å². The number of phosphoric acid groups is 1. The molecule has 0 amide bonds. The third-order valence-corrected chi connectivity index (χ3v) is 18.3. The fourth-order valence-electron chi connectivity index (χ4n) is 11.2. The van der Waals surface area contributed by atoms with Crippen molar-refractivity contribution >= 4 is 19.8 Å². The number of allylic oxidation sites excluding steroid dienone is 24. The van der Waals surface area contributed by atoms with Crippen LogP contribution in [0.4, 0.5) is 0 Å². The van der Waals surface area contributed by atoms with Crippen molar-refractivity contribution < 1.29 is 42.1 Å². The van der Waals surface area contributed by atoms with Gasteiger partial charge in [-0.1, -0.05) is 359 Å². The molecule has 2 unspecified atom stereocenters. The zero-order valence-electron chi connectivity index (χ0n) is 64.2. The third-order valence-electron chi connectivity index (χ3n) is 17.4. The van der Waals surface area contributed by atoms with Crippen LogP contribution in [-0.2, 0) is 32.7 Å². The van der Waals surface area contributed by atoms with Crippen LogP contribution in [0.2, 0.25) is 0 Å². The Morgan fingerprint density at radius 2 is 0.582 bits per heavy atom. The lowest BCUT2D eigenvalue weighted by Gasteiger charge is -2.24. The smallest absolute Gasteiger partial charge is 0.462 e. The summed E-state index contributed by atoms with van der Waals surface area (Å²) in [5.74, 6) is -0.792. The molecular formula is C88H153NO8P+. The number of hydrogen-bond acceptors (Lipinski definition) is 7. The predicted octanol–water partition coefficient (Wildman–Crippen LogP) is 27.3. The fourth-order valence-corrected chi connectivity index (χ4v) is 11.9. The van der Waals surface area contributed by atoms with Crippen LogP contribution in [0.25, 0.3) is 0 Å². The minimum atomic E-state index is -4.40. The van der Waals surface area contributed by atoms with Crippen molar-refractivity contribution in [1.82, 2.24) is 0 Å². The maximum atomic E-state index is 12.9. The van der Waals surface area contributed by atoms with Gasteiger partial charge in [0.25, 0.3) is 0 Å². The molecule has 0 spiro atoms. The minimum absolute atomic E-state index is 0.0274. The summed E-state index contributed by atoms with van der Waals surface area (Å²) in [5, 5.41) is 0. The fraction of sp³-hybridized carbons (Fsp3) is 0.705. The van der Waals surface area contributed by atoms with Crippen LogP contribution in [0, 0.1) is 0 Å². The van der Waals surface area contributed by atoms with Gasteiger partial charge in [-0.15, -0.1) is 0 Å². The molecule has 0 saturated heterocycles. The van der Waals surface area contributed by atoms with E-state index in [9.17, 15) is 19.0 Å². The van der Waals surface area contributed by atoms with Crippen molar-refractivity contribution in [3.63, 3.8) is 0 Å². The molecule has 0 aromatic carbocycles. The van der Waals surface area contributed by atoms with Crippen LogP contribution in [0.1, 0.15) is 348 Å². The van der Waals surface area contributed by atoms with Gasteiger partial charge in [0.1, 0.15) is 19.8 Å². The lowest BCUT2D eigenvalue weighted by Crippen LogP contribution is -2.37. The first-order valence-corrected chi connectivity index (χ1v) is 42.1. The quantitative estimate of drug-likeness (QED) is 0.0211. The summed E-state index contributed by atoms with van der Waals surface area (Å²) < 4.78 is 34.8. The molecule has 562 valence electrons. The Hall–Kier alpha value is -4.11. The van der Waals surface area contributed by atoms with E-state index in [0.717, 1.165) is 109 Å². The molecule has 0 fully saturated rings. The number of likely N-dealkylation sites (N-methyl/N-ethyl adjacent to an activating group) is 1. The Bertz CT molecular complexity index is 2170. The highest BCUT2D eigenvalue weighted by Gasteiger charge is 2.27. The number of ether oxygens (including phenoxy) is 2. The lowest BCUT2D eigenvalue weighted by atomic mass is 10.0. The van der Waals surface area contributed by atoms with Crippen LogP contribution in [0.3, 0.4) is 0 Å². The van der Waals surface area contributed by atoms with E-state index in [0.29, 0.717) is 17.4 Å². The molecule has 0 aliphatic heterocycles. The minimum Gasteiger partial charge on any atom is -0.462 e. The molecule has 0 aromatic heterocycles. The van der Waals surface area contributed by atoms with Crippen molar-refractivity contribution in [3.05, 3.63) is 146 Å². The number of carbonyl (C=O) groups excluding carboxylic acids is 2. The van der Waals surface area contributed by atoms with Gasteiger partial charge in [-0.05, 0) is 122 Å². The van der Waals surface area contributed by atoms with E-state index in [-0.39, 0.29) is 32.0 Å². The zero-order chi connectivity index (χ0) is 71.1. The van der Waals surface area contributed by atoms with Crippen molar-refractivity contribution in [2.75, 3.05) is 47.5 Å². The monoisotopic (exact) mass is 1380 g/mol. The molecule has 0 aromatic rings. The first-order valence-electron chi connectivity index (χ1n) is 40.6. The Kier molecular flexibility index (Phi) is 73.8. The molecule has 0 aliphatic carbocycles. The van der Waals surface area contributed by atoms with Crippen LogP contribution in [0.15, 0.2) is 146 Å². The number of nitrogens with zero attached hydrogens (tertiary/aromatic N) is 1. The van der Waals surface area contributed by atoms with E-state index in [2.05, 4.69) is 160 Å². The second kappa shape index (κ2) is 77.1. The van der Waals surface area contributed by atoms with E-state index in [4.69, 9.17) is 18.5 Å². The van der Waals surface area contributed by atoms with Gasteiger partial charge in [0.05, 0.1) is 27.7 Å². The Labute approximate surface area is 605 Å². The second-order valence-electron chi connectivity index (χ2n) is 28.1. The summed E-state index contributed by atoms with van der Waals surface area (Å²) in [7, 11) is 1.48. The number of carbonyl (C=O) groups is 2. The van der Waals surface area contributed by atoms with Gasteiger partial charge in [0, 0.05) is 12.8 Å². The van der Waals surface area contributed by atoms with Crippen molar-refractivity contribution in [2.45, 2.75) is 354 Å². The van der Waals surface area contributed by atoms with Crippen LogP contribution < -0.4 is 0 Å². The highest BCUT2D eigenvalue weighted by atomic mass is 31.2. The lowest BCUT2D eigenvalue weighted by molar-refractivity contribution is -0.870. The largest absolute Gasteiger partial charge is 0.472 e. The molecule has 0 rings (SSSR count). The third kappa shape index (κ3) is 80.9. The number of phosphoric ester groups is 1. The first-order chi connectivity index (χ1) is 48.0. The molecule has 10 heteroatoms. The normalized spacial score (nSPS) is 13.8. The van der Waals surface area contributed by atoms with Crippen LogP contribution in [0.5, 0.6) is 0 Å².